The molecule has 3 heteroatoms. The highest BCUT2D eigenvalue weighted by Gasteiger charge is 2.22. The summed E-state index contributed by atoms with van der Waals surface area (Å²) in [6.07, 6.45) is 7.76. The lowest BCUT2D eigenvalue weighted by molar-refractivity contribution is 0.351. The molecule has 1 aromatic rings. The molecule has 2 heterocycles. The van der Waals surface area contributed by atoms with Crippen molar-refractivity contribution in [3.05, 3.63) is 18.2 Å². The lowest BCUT2D eigenvalue weighted by Gasteiger charge is -2.28. The van der Waals surface area contributed by atoms with Crippen molar-refractivity contribution in [2.75, 3.05) is 6.54 Å². The average molecular weight is 193 g/mol. The summed E-state index contributed by atoms with van der Waals surface area (Å²) in [6, 6.07) is 0.691. The van der Waals surface area contributed by atoms with E-state index in [1.807, 2.05) is 17.9 Å². The van der Waals surface area contributed by atoms with Gasteiger partial charge in [-0.2, -0.15) is 0 Å². The van der Waals surface area contributed by atoms with Crippen LogP contribution in [0.3, 0.4) is 0 Å². The van der Waals surface area contributed by atoms with E-state index in [2.05, 4.69) is 23.4 Å². The summed E-state index contributed by atoms with van der Waals surface area (Å²) in [5.41, 5.74) is 1.27. The minimum absolute atomic E-state index is 0.669. The molecule has 0 spiro atoms. The Morgan fingerprint density at radius 3 is 3.14 bits per heavy atom. The van der Waals surface area contributed by atoms with Crippen molar-refractivity contribution in [1.29, 1.82) is 0 Å². The smallest absolute Gasteiger partial charge is 0.0946 e. The van der Waals surface area contributed by atoms with E-state index < -0.39 is 0 Å². The molecule has 1 saturated heterocycles. The third-order valence-electron chi connectivity index (χ3n) is 3.13. The summed E-state index contributed by atoms with van der Waals surface area (Å²) in [7, 11) is 2.04. The summed E-state index contributed by atoms with van der Waals surface area (Å²) in [6.45, 7) is 3.39. The van der Waals surface area contributed by atoms with E-state index in [1.165, 1.54) is 25.0 Å². The first-order valence-electron chi connectivity index (χ1n) is 5.51. The van der Waals surface area contributed by atoms with Crippen LogP contribution in [0.25, 0.3) is 0 Å². The molecule has 1 aliphatic rings. The van der Waals surface area contributed by atoms with Crippen LogP contribution in [-0.2, 0) is 7.05 Å². The lowest BCUT2D eigenvalue weighted by atomic mass is 9.89. The van der Waals surface area contributed by atoms with Gasteiger partial charge in [-0.1, -0.05) is 6.92 Å². The van der Waals surface area contributed by atoms with Crippen LogP contribution in [0.5, 0.6) is 0 Å². The van der Waals surface area contributed by atoms with Crippen LogP contribution in [0.1, 0.15) is 37.8 Å². The Kier molecular flexibility index (Phi) is 2.87. The maximum atomic E-state index is 4.44. The van der Waals surface area contributed by atoms with Gasteiger partial charge in [-0.05, 0) is 25.8 Å². The fourth-order valence-corrected chi connectivity index (χ4v) is 2.23. The maximum absolute atomic E-state index is 4.44. The molecule has 0 aliphatic carbocycles. The molecule has 0 amide bonds. The molecule has 14 heavy (non-hydrogen) atoms. The van der Waals surface area contributed by atoms with Crippen molar-refractivity contribution < 1.29 is 0 Å². The minimum atomic E-state index is 0.669. The molecule has 1 fully saturated rings. The van der Waals surface area contributed by atoms with Crippen molar-refractivity contribution in [2.24, 2.45) is 7.05 Å². The predicted octanol–water partition coefficient (Wildman–Crippen LogP) is 1.67. The van der Waals surface area contributed by atoms with Crippen LogP contribution in [0.15, 0.2) is 12.5 Å². The first-order chi connectivity index (χ1) is 6.79. The number of rotatable bonds is 2. The van der Waals surface area contributed by atoms with Gasteiger partial charge in [0.15, 0.2) is 0 Å². The van der Waals surface area contributed by atoms with Gasteiger partial charge in [-0.3, -0.25) is 0 Å². The van der Waals surface area contributed by atoms with Crippen molar-refractivity contribution in [1.82, 2.24) is 14.9 Å². The van der Waals surface area contributed by atoms with E-state index >= 15 is 0 Å². The Hall–Kier alpha value is -0.830. The topological polar surface area (TPSA) is 29.9 Å². The van der Waals surface area contributed by atoms with Gasteiger partial charge in [0.2, 0.25) is 0 Å². The number of imidazole rings is 1. The van der Waals surface area contributed by atoms with Gasteiger partial charge in [-0.15, -0.1) is 0 Å². The van der Waals surface area contributed by atoms with Gasteiger partial charge in [0, 0.05) is 25.2 Å². The van der Waals surface area contributed by atoms with Crippen LogP contribution in [0.4, 0.5) is 0 Å². The Bertz CT molecular complexity index is 292. The van der Waals surface area contributed by atoms with Crippen LogP contribution in [0.2, 0.25) is 0 Å². The second-order valence-corrected chi connectivity index (χ2v) is 4.24. The quantitative estimate of drug-likeness (QED) is 0.774. The zero-order chi connectivity index (χ0) is 9.97. The van der Waals surface area contributed by atoms with Crippen molar-refractivity contribution in [3.8, 4) is 0 Å². The fourth-order valence-electron chi connectivity index (χ4n) is 2.23. The third kappa shape index (κ3) is 1.98. The predicted molar refractivity (Wildman–Crippen MR) is 57.3 cm³/mol. The number of aryl methyl sites for hydroxylation is 1. The minimum Gasteiger partial charge on any atom is -0.340 e. The number of piperidine rings is 1. The molecule has 2 rings (SSSR count). The van der Waals surface area contributed by atoms with Crippen LogP contribution < -0.4 is 5.32 Å². The van der Waals surface area contributed by atoms with E-state index in [4.69, 9.17) is 0 Å². The molecule has 0 aromatic carbocycles. The van der Waals surface area contributed by atoms with Gasteiger partial charge >= 0.3 is 0 Å². The van der Waals surface area contributed by atoms with E-state index in [-0.39, 0.29) is 0 Å². The molecular formula is C11H19N3. The van der Waals surface area contributed by atoms with Crippen LogP contribution in [-0.4, -0.2) is 22.1 Å². The summed E-state index contributed by atoms with van der Waals surface area (Å²) >= 11 is 0. The van der Waals surface area contributed by atoms with Crippen molar-refractivity contribution >= 4 is 0 Å². The summed E-state index contributed by atoms with van der Waals surface area (Å²) in [5.74, 6) is 0.669. The molecule has 3 nitrogen and oxygen atoms in total. The van der Waals surface area contributed by atoms with E-state index in [0.29, 0.717) is 12.0 Å². The Balaban J connectivity index is 2.04. The summed E-state index contributed by atoms with van der Waals surface area (Å²) in [4.78, 5) is 4.44. The van der Waals surface area contributed by atoms with E-state index in [0.717, 1.165) is 6.54 Å². The standard InChI is InChI=1S/C11H19N3/c1-3-10-6-9(4-5-12-10)11-7-14(2)8-13-11/h7-10,12H,3-6H2,1-2H3. The number of aromatic nitrogens is 2. The van der Waals surface area contributed by atoms with Gasteiger partial charge < -0.3 is 9.88 Å². The number of hydrogen-bond donors (Lipinski definition) is 1. The number of nitrogens with zero attached hydrogens (tertiary/aromatic N) is 2. The highest BCUT2D eigenvalue weighted by molar-refractivity contribution is 5.07. The first kappa shape index (κ1) is 9.71. The Morgan fingerprint density at radius 1 is 1.64 bits per heavy atom. The Labute approximate surface area is 85.5 Å². The lowest BCUT2D eigenvalue weighted by Crippen LogP contribution is -2.36. The van der Waals surface area contributed by atoms with E-state index in [9.17, 15) is 0 Å². The molecule has 1 aromatic heterocycles. The van der Waals surface area contributed by atoms with Crippen molar-refractivity contribution in [3.63, 3.8) is 0 Å². The zero-order valence-corrected chi connectivity index (χ0v) is 9.03. The monoisotopic (exact) mass is 193 g/mol. The van der Waals surface area contributed by atoms with Gasteiger partial charge in [0.25, 0.3) is 0 Å². The SMILES string of the molecule is CCC1CC(c2cn(C)cn2)CCN1. The number of hydrogen-bond acceptors (Lipinski definition) is 2. The molecule has 1 N–H and O–H groups in total. The van der Waals surface area contributed by atoms with Gasteiger partial charge in [0.05, 0.1) is 12.0 Å². The summed E-state index contributed by atoms with van der Waals surface area (Å²) in [5, 5.41) is 3.54. The van der Waals surface area contributed by atoms with Gasteiger partial charge in [0.1, 0.15) is 0 Å². The average Bonchev–Trinajstić information content (AvgIpc) is 2.65. The molecule has 2 unspecified atom stereocenters. The zero-order valence-electron chi connectivity index (χ0n) is 9.03. The van der Waals surface area contributed by atoms with E-state index in [1.54, 1.807) is 0 Å². The Morgan fingerprint density at radius 2 is 2.50 bits per heavy atom. The first-order valence-corrected chi connectivity index (χ1v) is 5.51. The molecule has 1 aliphatic heterocycles. The molecule has 78 valence electrons. The maximum Gasteiger partial charge on any atom is 0.0946 e. The summed E-state index contributed by atoms with van der Waals surface area (Å²) < 4.78 is 2.04. The molecule has 2 atom stereocenters. The second kappa shape index (κ2) is 4.13. The molecule has 0 bridgehead atoms. The molecule has 0 saturated carbocycles. The largest absolute Gasteiger partial charge is 0.340 e. The fraction of sp³-hybridized carbons (Fsp3) is 0.727. The number of nitrogens with one attached hydrogen (secondary N) is 1. The van der Waals surface area contributed by atoms with Crippen LogP contribution >= 0.6 is 0 Å². The van der Waals surface area contributed by atoms with Crippen LogP contribution in [0, 0.1) is 0 Å². The normalized spacial score (nSPS) is 27.9. The third-order valence-corrected chi connectivity index (χ3v) is 3.13. The highest BCUT2D eigenvalue weighted by atomic mass is 15.0. The highest BCUT2D eigenvalue weighted by Crippen LogP contribution is 2.26. The van der Waals surface area contributed by atoms with Crippen molar-refractivity contribution in [2.45, 2.75) is 38.1 Å². The molecule has 0 radical (unpaired) electrons. The van der Waals surface area contributed by atoms with Gasteiger partial charge in [-0.25, -0.2) is 4.98 Å². The molecular weight excluding hydrogens is 174 g/mol. The second-order valence-electron chi connectivity index (χ2n) is 4.24.